The van der Waals surface area contributed by atoms with Gasteiger partial charge >= 0.3 is 0 Å². The minimum absolute atomic E-state index is 0.00694. The lowest BCUT2D eigenvalue weighted by Gasteiger charge is -2.47. The molecule has 1 aliphatic carbocycles. The molecule has 2 heteroatoms. The van der Waals surface area contributed by atoms with E-state index < -0.39 is 0 Å². The van der Waals surface area contributed by atoms with E-state index in [4.69, 9.17) is 11.6 Å². The fourth-order valence-electron chi connectivity index (χ4n) is 0.814. The first-order valence-corrected chi connectivity index (χ1v) is 4.01. The molecule has 0 N–H and O–H groups in total. The highest BCUT2D eigenvalue weighted by Crippen LogP contribution is 2.52. The highest BCUT2D eigenvalue weighted by atomic mass is 79.9. The second-order valence-electron chi connectivity index (χ2n) is 2.89. The summed E-state index contributed by atoms with van der Waals surface area (Å²) < 4.78 is 0.196. The van der Waals surface area contributed by atoms with E-state index in [2.05, 4.69) is 29.8 Å². The molecular weight excluding hydrogens is 187 g/mol. The summed E-state index contributed by atoms with van der Waals surface area (Å²) in [5.74, 6) is 0. The standard InChI is InChI=1S/C6H10BrCl/c1-5(7)3-4-6(5,2)8/h3-4H2,1-2H3/t5-,6-/m1/s1. The molecule has 2 atom stereocenters. The van der Waals surface area contributed by atoms with Crippen LogP contribution in [0.25, 0.3) is 0 Å². The Morgan fingerprint density at radius 2 is 1.75 bits per heavy atom. The Morgan fingerprint density at radius 1 is 1.38 bits per heavy atom. The Kier molecular flexibility index (Phi) is 1.40. The molecule has 0 aromatic rings. The van der Waals surface area contributed by atoms with Crippen LogP contribution in [-0.4, -0.2) is 9.20 Å². The number of halogens is 2. The zero-order valence-electron chi connectivity index (χ0n) is 5.17. The third-order valence-corrected chi connectivity index (χ3v) is 4.26. The maximum Gasteiger partial charge on any atom is 0.0569 e. The fraction of sp³-hybridized carbons (Fsp3) is 1.00. The monoisotopic (exact) mass is 196 g/mol. The van der Waals surface area contributed by atoms with Crippen molar-refractivity contribution in [1.29, 1.82) is 0 Å². The van der Waals surface area contributed by atoms with E-state index in [1.165, 1.54) is 6.42 Å². The Hall–Kier alpha value is 0.770. The summed E-state index contributed by atoms with van der Waals surface area (Å²) in [5.41, 5.74) is 0. The van der Waals surface area contributed by atoms with Crippen molar-refractivity contribution in [3.8, 4) is 0 Å². The average molecular weight is 198 g/mol. The molecule has 0 heterocycles. The van der Waals surface area contributed by atoms with Gasteiger partial charge in [-0.25, -0.2) is 0 Å². The van der Waals surface area contributed by atoms with Gasteiger partial charge in [0.1, 0.15) is 0 Å². The van der Waals surface area contributed by atoms with Gasteiger partial charge in [-0.3, -0.25) is 0 Å². The minimum atomic E-state index is 0.00694. The lowest BCUT2D eigenvalue weighted by Crippen LogP contribution is -2.50. The summed E-state index contributed by atoms with van der Waals surface area (Å²) in [6, 6.07) is 0. The van der Waals surface area contributed by atoms with Gasteiger partial charge in [0.25, 0.3) is 0 Å². The average Bonchev–Trinajstić information content (AvgIpc) is 1.64. The Balaban J connectivity index is 2.63. The van der Waals surface area contributed by atoms with Crippen LogP contribution in [0.3, 0.4) is 0 Å². The quantitative estimate of drug-likeness (QED) is 0.524. The van der Waals surface area contributed by atoms with Crippen molar-refractivity contribution in [2.45, 2.75) is 35.9 Å². The molecule has 1 saturated carbocycles. The molecule has 1 fully saturated rings. The van der Waals surface area contributed by atoms with Crippen molar-refractivity contribution in [2.24, 2.45) is 0 Å². The molecule has 0 amide bonds. The van der Waals surface area contributed by atoms with Gasteiger partial charge in [-0.05, 0) is 26.7 Å². The van der Waals surface area contributed by atoms with Crippen molar-refractivity contribution in [3.05, 3.63) is 0 Å². The molecule has 0 aliphatic heterocycles. The van der Waals surface area contributed by atoms with E-state index in [0.717, 1.165) is 6.42 Å². The van der Waals surface area contributed by atoms with Gasteiger partial charge in [0.05, 0.1) is 4.87 Å². The molecule has 0 bridgehead atoms. The summed E-state index contributed by atoms with van der Waals surface area (Å²) in [6.45, 7) is 4.22. The van der Waals surface area contributed by atoms with Crippen LogP contribution in [-0.2, 0) is 0 Å². The molecule has 1 rings (SSSR count). The van der Waals surface area contributed by atoms with Crippen molar-refractivity contribution >= 4 is 27.5 Å². The molecule has 1 aliphatic rings. The third kappa shape index (κ3) is 0.801. The van der Waals surface area contributed by atoms with Gasteiger partial charge in [0.2, 0.25) is 0 Å². The molecule has 0 unspecified atom stereocenters. The molecule has 0 aromatic heterocycles. The Labute approximate surface area is 63.7 Å². The van der Waals surface area contributed by atoms with E-state index >= 15 is 0 Å². The van der Waals surface area contributed by atoms with Crippen LogP contribution in [0.4, 0.5) is 0 Å². The normalized spacial score (nSPS) is 55.5. The fourth-order valence-corrected chi connectivity index (χ4v) is 1.40. The predicted octanol–water partition coefficient (Wildman–Crippen LogP) is 2.93. The third-order valence-electron chi connectivity index (χ3n) is 2.15. The van der Waals surface area contributed by atoms with E-state index in [0.29, 0.717) is 0 Å². The zero-order chi connectivity index (χ0) is 6.41. The molecule has 0 nitrogen and oxygen atoms in total. The van der Waals surface area contributed by atoms with Crippen molar-refractivity contribution < 1.29 is 0 Å². The number of hydrogen-bond donors (Lipinski definition) is 0. The molecule has 8 heavy (non-hydrogen) atoms. The van der Waals surface area contributed by atoms with E-state index in [1.807, 2.05) is 0 Å². The maximum absolute atomic E-state index is 6.05. The highest BCUT2D eigenvalue weighted by Gasteiger charge is 2.49. The second kappa shape index (κ2) is 1.63. The molecule has 0 radical (unpaired) electrons. The zero-order valence-corrected chi connectivity index (χ0v) is 7.51. The predicted molar refractivity (Wildman–Crippen MR) is 40.8 cm³/mol. The van der Waals surface area contributed by atoms with Crippen LogP contribution in [0, 0.1) is 0 Å². The Bertz CT molecular complexity index is 93.1. The number of alkyl halides is 2. The summed E-state index contributed by atoms with van der Waals surface area (Å²) in [7, 11) is 0. The second-order valence-corrected chi connectivity index (χ2v) is 5.48. The van der Waals surface area contributed by atoms with Gasteiger partial charge < -0.3 is 0 Å². The first kappa shape index (κ1) is 6.88. The molecule has 0 aromatic carbocycles. The number of hydrogen-bond acceptors (Lipinski definition) is 0. The minimum Gasteiger partial charge on any atom is -0.118 e. The first-order valence-electron chi connectivity index (χ1n) is 2.84. The van der Waals surface area contributed by atoms with E-state index in [-0.39, 0.29) is 9.20 Å². The van der Waals surface area contributed by atoms with Gasteiger partial charge in [0, 0.05) is 4.32 Å². The summed E-state index contributed by atoms with van der Waals surface area (Å²) in [6.07, 6.45) is 2.34. The van der Waals surface area contributed by atoms with Crippen LogP contribution in [0.1, 0.15) is 26.7 Å². The van der Waals surface area contributed by atoms with E-state index in [9.17, 15) is 0 Å². The van der Waals surface area contributed by atoms with Crippen LogP contribution in [0.15, 0.2) is 0 Å². The number of rotatable bonds is 0. The maximum atomic E-state index is 6.05. The van der Waals surface area contributed by atoms with Crippen LogP contribution >= 0.6 is 27.5 Å². The molecule has 0 saturated heterocycles. The highest BCUT2D eigenvalue weighted by molar-refractivity contribution is 9.10. The summed E-state index contributed by atoms with van der Waals surface area (Å²) >= 11 is 9.60. The lowest BCUT2D eigenvalue weighted by molar-refractivity contribution is 0.300. The van der Waals surface area contributed by atoms with Gasteiger partial charge in [0.15, 0.2) is 0 Å². The van der Waals surface area contributed by atoms with Crippen molar-refractivity contribution in [1.82, 2.24) is 0 Å². The lowest BCUT2D eigenvalue weighted by atomic mass is 9.75. The van der Waals surface area contributed by atoms with Gasteiger partial charge in [-0.15, -0.1) is 11.6 Å². The molecule has 0 spiro atoms. The summed E-state index contributed by atoms with van der Waals surface area (Å²) in [4.78, 5) is 0.00694. The van der Waals surface area contributed by atoms with E-state index in [1.54, 1.807) is 0 Å². The van der Waals surface area contributed by atoms with Crippen molar-refractivity contribution in [3.63, 3.8) is 0 Å². The smallest absolute Gasteiger partial charge is 0.0569 e. The van der Waals surface area contributed by atoms with Crippen molar-refractivity contribution in [2.75, 3.05) is 0 Å². The SMILES string of the molecule is C[C@@]1(Cl)CC[C@@]1(C)Br. The topological polar surface area (TPSA) is 0 Å². The van der Waals surface area contributed by atoms with Crippen LogP contribution in [0.2, 0.25) is 0 Å². The first-order chi connectivity index (χ1) is 3.46. The van der Waals surface area contributed by atoms with Crippen LogP contribution in [0.5, 0.6) is 0 Å². The van der Waals surface area contributed by atoms with Gasteiger partial charge in [-0.2, -0.15) is 0 Å². The molecule has 48 valence electrons. The largest absolute Gasteiger partial charge is 0.118 e. The van der Waals surface area contributed by atoms with Crippen LogP contribution < -0.4 is 0 Å². The Morgan fingerprint density at radius 3 is 1.75 bits per heavy atom. The summed E-state index contributed by atoms with van der Waals surface area (Å²) in [5, 5.41) is 0. The van der Waals surface area contributed by atoms with Gasteiger partial charge in [-0.1, -0.05) is 15.9 Å². The molecular formula is C6H10BrCl.